The first-order valence-corrected chi connectivity index (χ1v) is 7.97. The Bertz CT molecular complexity index is 388. The summed E-state index contributed by atoms with van der Waals surface area (Å²) in [5.41, 5.74) is 0. The van der Waals surface area contributed by atoms with Gasteiger partial charge in [0.25, 0.3) is 0 Å². The zero-order valence-corrected chi connectivity index (χ0v) is 13.0. The first-order valence-electron chi connectivity index (χ1n) is 7.97. The normalized spacial score (nSPS) is 27.8. The summed E-state index contributed by atoms with van der Waals surface area (Å²) in [5.74, 6) is -0.862. The maximum absolute atomic E-state index is 12.3. The van der Waals surface area contributed by atoms with Crippen LogP contribution < -0.4 is 5.32 Å². The van der Waals surface area contributed by atoms with Crippen molar-refractivity contribution in [3.63, 3.8) is 0 Å². The number of fused-ring (bicyclic) bond motifs is 1. The molecule has 2 amide bonds. The van der Waals surface area contributed by atoms with E-state index in [1.54, 1.807) is 0 Å². The molecule has 0 aromatic carbocycles. The molecule has 6 nitrogen and oxygen atoms in total. The van der Waals surface area contributed by atoms with Crippen LogP contribution in [0.3, 0.4) is 0 Å². The molecule has 3 unspecified atom stereocenters. The number of carbonyl (C=O) groups excluding carboxylic acids is 1. The van der Waals surface area contributed by atoms with E-state index in [2.05, 4.69) is 17.1 Å². The topological polar surface area (TPSA) is 72.9 Å². The summed E-state index contributed by atoms with van der Waals surface area (Å²) in [6, 6.07) is 0.663. The van der Waals surface area contributed by atoms with Crippen molar-refractivity contribution in [1.82, 2.24) is 15.1 Å². The number of hydrogen-bond donors (Lipinski definition) is 2. The van der Waals surface area contributed by atoms with Gasteiger partial charge < -0.3 is 15.3 Å². The Hall–Kier alpha value is -1.30. The summed E-state index contributed by atoms with van der Waals surface area (Å²) >= 11 is 0. The number of hydrogen-bond acceptors (Lipinski definition) is 3. The van der Waals surface area contributed by atoms with Crippen LogP contribution in [0.4, 0.5) is 4.79 Å². The molecule has 0 aliphatic carbocycles. The predicted molar refractivity (Wildman–Crippen MR) is 80.2 cm³/mol. The number of rotatable bonds is 4. The summed E-state index contributed by atoms with van der Waals surface area (Å²) in [6.45, 7) is 7.24. The van der Waals surface area contributed by atoms with E-state index in [1.807, 2.05) is 11.8 Å². The van der Waals surface area contributed by atoms with Crippen molar-refractivity contribution in [2.45, 2.75) is 51.6 Å². The Kier molecular flexibility index (Phi) is 5.45. The largest absolute Gasteiger partial charge is 0.481 e. The van der Waals surface area contributed by atoms with Crippen molar-refractivity contribution in [2.24, 2.45) is 5.92 Å². The molecule has 0 radical (unpaired) electrons. The van der Waals surface area contributed by atoms with Crippen molar-refractivity contribution in [2.75, 3.05) is 26.2 Å². The second kappa shape index (κ2) is 7.11. The maximum atomic E-state index is 12.3. The number of aliphatic carboxylic acids is 1. The zero-order chi connectivity index (χ0) is 15.4. The Labute approximate surface area is 126 Å². The highest BCUT2D eigenvalue weighted by Crippen LogP contribution is 2.23. The quantitative estimate of drug-likeness (QED) is 0.822. The fourth-order valence-electron chi connectivity index (χ4n) is 3.37. The van der Waals surface area contributed by atoms with Crippen LogP contribution in [0.1, 0.15) is 39.5 Å². The number of carbonyl (C=O) groups is 2. The van der Waals surface area contributed by atoms with Gasteiger partial charge in [-0.05, 0) is 32.2 Å². The van der Waals surface area contributed by atoms with Gasteiger partial charge in [-0.25, -0.2) is 4.79 Å². The second-order valence-corrected chi connectivity index (χ2v) is 6.54. The fourth-order valence-corrected chi connectivity index (χ4v) is 3.37. The molecule has 2 N–H and O–H groups in total. The molecule has 2 rings (SSSR count). The first kappa shape index (κ1) is 16.1. The lowest BCUT2D eigenvalue weighted by atomic mass is 9.97. The molecule has 2 aliphatic rings. The minimum absolute atomic E-state index is 0.0438. The molecule has 3 atom stereocenters. The van der Waals surface area contributed by atoms with E-state index >= 15 is 0 Å². The molecule has 0 bridgehead atoms. The van der Waals surface area contributed by atoms with Crippen LogP contribution in [0, 0.1) is 5.92 Å². The van der Waals surface area contributed by atoms with Crippen molar-refractivity contribution in [3.8, 4) is 0 Å². The number of carboxylic acids is 1. The van der Waals surface area contributed by atoms with Gasteiger partial charge in [-0.2, -0.15) is 0 Å². The third-order valence-corrected chi connectivity index (χ3v) is 4.57. The minimum atomic E-state index is -0.819. The number of amides is 2. The molecule has 2 aliphatic heterocycles. The van der Waals surface area contributed by atoms with Crippen LogP contribution in [0.2, 0.25) is 0 Å². The van der Waals surface area contributed by atoms with Crippen molar-refractivity contribution < 1.29 is 14.7 Å². The maximum Gasteiger partial charge on any atom is 0.317 e. The van der Waals surface area contributed by atoms with Crippen LogP contribution >= 0.6 is 0 Å². The predicted octanol–water partition coefficient (Wildman–Crippen LogP) is 1.37. The third-order valence-electron chi connectivity index (χ3n) is 4.57. The van der Waals surface area contributed by atoms with Crippen molar-refractivity contribution in [3.05, 3.63) is 0 Å². The van der Waals surface area contributed by atoms with Crippen LogP contribution in [-0.2, 0) is 4.79 Å². The number of piperidine rings is 1. The fraction of sp³-hybridized carbons (Fsp3) is 0.867. The molecule has 0 aromatic heterocycles. The smallest absolute Gasteiger partial charge is 0.317 e. The highest BCUT2D eigenvalue weighted by atomic mass is 16.4. The summed E-state index contributed by atoms with van der Waals surface area (Å²) < 4.78 is 0. The summed E-state index contributed by atoms with van der Waals surface area (Å²) in [6.07, 6.45) is 3.78. The van der Waals surface area contributed by atoms with Gasteiger partial charge in [0.05, 0.1) is 0 Å². The molecular weight excluding hydrogens is 270 g/mol. The molecule has 2 heterocycles. The number of nitrogens with one attached hydrogen (secondary N) is 1. The van der Waals surface area contributed by atoms with Gasteiger partial charge >= 0.3 is 12.0 Å². The van der Waals surface area contributed by atoms with Crippen LogP contribution in [0.25, 0.3) is 0 Å². The molecular formula is C15H27N3O3. The minimum Gasteiger partial charge on any atom is -0.481 e. The first-order chi connectivity index (χ1) is 9.97. The van der Waals surface area contributed by atoms with E-state index in [0.29, 0.717) is 12.6 Å². The van der Waals surface area contributed by atoms with Gasteiger partial charge in [0.2, 0.25) is 0 Å². The Morgan fingerprint density at radius 2 is 2.10 bits per heavy atom. The zero-order valence-electron chi connectivity index (χ0n) is 13.0. The highest BCUT2D eigenvalue weighted by molar-refractivity contribution is 5.75. The van der Waals surface area contributed by atoms with Gasteiger partial charge in [0.15, 0.2) is 0 Å². The molecule has 21 heavy (non-hydrogen) atoms. The molecule has 0 spiro atoms. The lowest BCUT2D eigenvalue weighted by Crippen LogP contribution is -2.61. The van der Waals surface area contributed by atoms with Gasteiger partial charge in [0.1, 0.15) is 0 Å². The lowest BCUT2D eigenvalue weighted by molar-refractivity contribution is -0.137. The SMILES string of the molecule is CC(CNC(=O)N1CC2CCCCN2CC1C)CC(=O)O. The molecule has 2 saturated heterocycles. The van der Waals surface area contributed by atoms with Gasteiger partial charge in [0, 0.05) is 38.1 Å². The van der Waals surface area contributed by atoms with Crippen LogP contribution in [0.5, 0.6) is 0 Å². The van der Waals surface area contributed by atoms with Crippen molar-refractivity contribution >= 4 is 12.0 Å². The Morgan fingerprint density at radius 3 is 2.81 bits per heavy atom. The summed E-state index contributed by atoms with van der Waals surface area (Å²) in [7, 11) is 0. The van der Waals surface area contributed by atoms with E-state index in [9.17, 15) is 9.59 Å². The van der Waals surface area contributed by atoms with Gasteiger partial charge in [-0.3, -0.25) is 9.69 Å². The van der Waals surface area contributed by atoms with E-state index in [1.165, 1.54) is 19.3 Å². The number of nitrogens with zero attached hydrogens (tertiary/aromatic N) is 2. The molecule has 2 fully saturated rings. The van der Waals surface area contributed by atoms with Crippen LogP contribution in [0.15, 0.2) is 0 Å². The van der Waals surface area contributed by atoms with Gasteiger partial charge in [-0.15, -0.1) is 0 Å². The molecule has 0 saturated carbocycles. The van der Waals surface area contributed by atoms with Gasteiger partial charge in [-0.1, -0.05) is 13.3 Å². The van der Waals surface area contributed by atoms with Crippen LogP contribution in [-0.4, -0.2) is 65.2 Å². The average molecular weight is 297 g/mol. The highest BCUT2D eigenvalue weighted by Gasteiger charge is 2.35. The number of piperazine rings is 1. The monoisotopic (exact) mass is 297 g/mol. The molecule has 0 aromatic rings. The van der Waals surface area contributed by atoms with E-state index < -0.39 is 5.97 Å². The van der Waals surface area contributed by atoms with Crippen molar-refractivity contribution in [1.29, 1.82) is 0 Å². The van der Waals surface area contributed by atoms with E-state index in [0.717, 1.165) is 19.6 Å². The average Bonchev–Trinajstić information content (AvgIpc) is 2.43. The third kappa shape index (κ3) is 4.33. The van der Waals surface area contributed by atoms with E-state index in [-0.39, 0.29) is 24.4 Å². The Balaban J connectivity index is 1.82. The summed E-state index contributed by atoms with van der Waals surface area (Å²) in [5, 5.41) is 11.6. The Morgan fingerprint density at radius 1 is 1.33 bits per heavy atom. The standard InChI is InChI=1S/C15H27N3O3/c1-11(7-14(19)20)8-16-15(21)18-10-13-5-3-4-6-17(13)9-12(18)2/h11-13H,3-10H2,1-2H3,(H,16,21)(H,19,20). The lowest BCUT2D eigenvalue weighted by Gasteiger charge is -2.47. The molecule has 120 valence electrons. The second-order valence-electron chi connectivity index (χ2n) is 6.54. The number of urea groups is 1. The summed E-state index contributed by atoms with van der Waals surface area (Å²) in [4.78, 5) is 27.4. The van der Waals surface area contributed by atoms with E-state index in [4.69, 9.17) is 5.11 Å². The number of carboxylic acid groups (broad SMARTS) is 1. The molecule has 6 heteroatoms.